The molecule has 0 bridgehead atoms. The summed E-state index contributed by atoms with van der Waals surface area (Å²) in [5.41, 5.74) is 1.95. The lowest BCUT2D eigenvalue weighted by atomic mass is 9.87. The molecule has 0 radical (unpaired) electrons. The lowest BCUT2D eigenvalue weighted by Gasteiger charge is -2.30. The van der Waals surface area contributed by atoms with Gasteiger partial charge in [-0.3, -0.25) is 9.69 Å². The maximum atomic E-state index is 12.8. The molecule has 1 aromatic rings. The Kier molecular flexibility index (Phi) is 5.27. The summed E-state index contributed by atoms with van der Waals surface area (Å²) in [7, 11) is 0. The van der Waals surface area contributed by atoms with Crippen LogP contribution in [-0.4, -0.2) is 40.2 Å². The van der Waals surface area contributed by atoms with E-state index < -0.39 is 17.7 Å². The van der Waals surface area contributed by atoms with E-state index in [2.05, 4.69) is 17.4 Å². The number of amides is 2. The molecule has 2 atom stereocenters. The molecule has 1 N–H and O–H groups in total. The van der Waals surface area contributed by atoms with Gasteiger partial charge in [0.15, 0.2) is 0 Å². The van der Waals surface area contributed by atoms with E-state index >= 15 is 0 Å². The first-order valence-electron chi connectivity index (χ1n) is 8.81. The first kappa shape index (κ1) is 18.1. The van der Waals surface area contributed by atoms with Gasteiger partial charge in [0.2, 0.25) is 5.91 Å². The maximum absolute atomic E-state index is 12.8. The van der Waals surface area contributed by atoms with Crippen LogP contribution < -0.4 is 5.32 Å². The molecule has 0 saturated carbocycles. The zero-order valence-corrected chi connectivity index (χ0v) is 15.9. The molecule has 25 heavy (non-hydrogen) atoms. The van der Waals surface area contributed by atoms with Crippen LogP contribution in [0.25, 0.3) is 0 Å². The second-order valence-electron chi connectivity index (χ2n) is 7.62. The van der Waals surface area contributed by atoms with Crippen molar-refractivity contribution in [2.75, 3.05) is 11.6 Å². The highest BCUT2D eigenvalue weighted by molar-refractivity contribution is 7.99. The van der Waals surface area contributed by atoms with Crippen LogP contribution in [-0.2, 0) is 16.0 Å². The number of carbonyl (C=O) groups excluding carboxylic acids is 2. The van der Waals surface area contributed by atoms with Crippen LogP contribution >= 0.6 is 11.8 Å². The Morgan fingerprint density at radius 3 is 2.80 bits per heavy atom. The Bertz CT molecular complexity index is 656. The van der Waals surface area contributed by atoms with Gasteiger partial charge in [0.25, 0.3) is 0 Å². The van der Waals surface area contributed by atoms with Gasteiger partial charge in [-0.2, -0.15) is 0 Å². The number of benzene rings is 1. The normalized spacial score (nSPS) is 23.1. The van der Waals surface area contributed by atoms with Gasteiger partial charge in [0.05, 0.1) is 11.9 Å². The second kappa shape index (κ2) is 7.28. The summed E-state index contributed by atoms with van der Waals surface area (Å²) in [6.07, 6.45) is 2.65. The van der Waals surface area contributed by atoms with Gasteiger partial charge >= 0.3 is 6.09 Å². The van der Waals surface area contributed by atoms with E-state index in [9.17, 15) is 9.59 Å². The largest absolute Gasteiger partial charge is 0.444 e. The van der Waals surface area contributed by atoms with Crippen molar-refractivity contribution in [1.29, 1.82) is 0 Å². The third kappa shape index (κ3) is 4.29. The lowest BCUT2D eigenvalue weighted by Crippen LogP contribution is -2.49. The van der Waals surface area contributed by atoms with Crippen LogP contribution in [0.15, 0.2) is 24.3 Å². The third-order valence-electron chi connectivity index (χ3n) is 4.50. The Morgan fingerprint density at radius 2 is 2.04 bits per heavy atom. The minimum absolute atomic E-state index is 0.0311. The maximum Gasteiger partial charge on any atom is 0.411 e. The molecule has 6 heteroatoms. The summed E-state index contributed by atoms with van der Waals surface area (Å²) >= 11 is 1.58. The lowest BCUT2D eigenvalue weighted by molar-refractivity contribution is -0.126. The Morgan fingerprint density at radius 1 is 1.28 bits per heavy atom. The number of thioether (sulfide) groups is 1. The number of nitrogens with zero attached hydrogens (tertiary/aromatic N) is 1. The average molecular weight is 362 g/mol. The topological polar surface area (TPSA) is 58.6 Å². The van der Waals surface area contributed by atoms with Crippen LogP contribution in [0.1, 0.15) is 50.8 Å². The summed E-state index contributed by atoms with van der Waals surface area (Å²) in [4.78, 5) is 26.7. The number of rotatable bonds is 2. The number of hydrogen-bond acceptors (Lipinski definition) is 4. The molecule has 2 unspecified atom stereocenters. The summed E-state index contributed by atoms with van der Waals surface area (Å²) in [5.74, 6) is 1.02. The number of aryl methyl sites for hydroxylation is 1. The molecule has 3 rings (SSSR count). The molecule has 2 amide bonds. The predicted molar refractivity (Wildman–Crippen MR) is 99.4 cm³/mol. The molecule has 2 aliphatic rings. The second-order valence-corrected chi connectivity index (χ2v) is 8.62. The molecule has 1 saturated heterocycles. The first-order chi connectivity index (χ1) is 11.8. The van der Waals surface area contributed by atoms with Gasteiger partial charge in [0, 0.05) is 5.75 Å². The molecular weight excluding hydrogens is 336 g/mol. The third-order valence-corrected chi connectivity index (χ3v) is 5.51. The molecule has 0 spiro atoms. The van der Waals surface area contributed by atoms with E-state index in [1.807, 2.05) is 32.9 Å². The number of hydrogen-bond donors (Lipinski definition) is 1. The van der Waals surface area contributed by atoms with E-state index in [1.165, 1.54) is 11.1 Å². The summed E-state index contributed by atoms with van der Waals surface area (Å²) in [6.45, 7) is 5.51. The van der Waals surface area contributed by atoms with E-state index in [-0.39, 0.29) is 11.9 Å². The van der Waals surface area contributed by atoms with Gasteiger partial charge in [0.1, 0.15) is 11.6 Å². The monoisotopic (exact) mass is 362 g/mol. The molecule has 1 aliphatic heterocycles. The number of carbonyl (C=O) groups is 2. The van der Waals surface area contributed by atoms with E-state index in [0.717, 1.165) is 19.3 Å². The van der Waals surface area contributed by atoms with Crippen molar-refractivity contribution in [1.82, 2.24) is 10.2 Å². The van der Waals surface area contributed by atoms with Crippen LogP contribution in [0.4, 0.5) is 4.79 Å². The quantitative estimate of drug-likeness (QED) is 0.875. The zero-order valence-electron chi connectivity index (χ0n) is 15.1. The fourth-order valence-electron chi connectivity index (χ4n) is 3.33. The molecule has 136 valence electrons. The average Bonchev–Trinajstić information content (AvgIpc) is 3.03. The molecule has 1 fully saturated rings. The van der Waals surface area contributed by atoms with Gasteiger partial charge in [-0.15, -0.1) is 11.8 Å². The number of ether oxygens (including phenoxy) is 1. The number of fused-ring (bicyclic) bond motifs is 1. The Balaban J connectivity index is 1.68. The van der Waals surface area contributed by atoms with Crippen molar-refractivity contribution in [3.8, 4) is 0 Å². The summed E-state index contributed by atoms with van der Waals surface area (Å²) in [5, 5.41) is 3.16. The van der Waals surface area contributed by atoms with E-state index in [4.69, 9.17) is 4.74 Å². The smallest absolute Gasteiger partial charge is 0.411 e. The minimum Gasteiger partial charge on any atom is -0.444 e. The van der Waals surface area contributed by atoms with Crippen LogP contribution in [0.5, 0.6) is 0 Å². The highest BCUT2D eigenvalue weighted by Crippen LogP contribution is 2.30. The molecular formula is C19H26N2O3S. The minimum atomic E-state index is -0.562. The number of nitrogens with one attached hydrogen (secondary N) is 1. The van der Waals surface area contributed by atoms with E-state index in [1.54, 1.807) is 16.7 Å². The fraction of sp³-hybridized carbons (Fsp3) is 0.579. The van der Waals surface area contributed by atoms with Crippen molar-refractivity contribution in [3.05, 3.63) is 35.4 Å². The molecule has 5 nitrogen and oxygen atoms in total. The predicted octanol–water partition coefficient (Wildman–Crippen LogP) is 3.49. The fourth-order valence-corrected chi connectivity index (χ4v) is 4.47. The van der Waals surface area contributed by atoms with Crippen LogP contribution in [0.2, 0.25) is 0 Å². The van der Waals surface area contributed by atoms with Crippen LogP contribution in [0.3, 0.4) is 0 Å². The molecule has 1 aromatic carbocycles. The Hall–Kier alpha value is -1.69. The molecule has 0 aromatic heterocycles. The highest BCUT2D eigenvalue weighted by Gasteiger charge is 2.38. The molecule has 1 aliphatic carbocycles. The van der Waals surface area contributed by atoms with Crippen molar-refractivity contribution < 1.29 is 14.3 Å². The van der Waals surface area contributed by atoms with E-state index in [0.29, 0.717) is 11.6 Å². The van der Waals surface area contributed by atoms with Gasteiger partial charge < -0.3 is 10.1 Å². The van der Waals surface area contributed by atoms with Gasteiger partial charge in [-0.05, 0) is 51.2 Å². The first-order valence-corrected chi connectivity index (χ1v) is 9.96. The standard InChI is InChI=1S/C19H26N2O3S/c1-19(2,3)24-18(23)21-12-25-11-16(21)17(22)20-15-10-6-8-13-7-4-5-9-14(13)15/h4-5,7,9,15-16H,6,8,10-12H2,1-3H3,(H,20,22). The SMILES string of the molecule is CC(C)(C)OC(=O)N1CSCC1C(=O)NC1CCCc2ccccc21. The van der Waals surface area contributed by atoms with Crippen molar-refractivity contribution in [2.45, 2.75) is 57.7 Å². The van der Waals surface area contributed by atoms with Crippen molar-refractivity contribution in [3.63, 3.8) is 0 Å². The van der Waals surface area contributed by atoms with Crippen molar-refractivity contribution in [2.24, 2.45) is 0 Å². The summed E-state index contributed by atoms with van der Waals surface area (Å²) < 4.78 is 5.44. The van der Waals surface area contributed by atoms with Gasteiger partial charge in [-0.25, -0.2) is 4.79 Å². The molecule has 1 heterocycles. The van der Waals surface area contributed by atoms with Crippen LogP contribution in [0, 0.1) is 0 Å². The zero-order chi connectivity index (χ0) is 18.0. The highest BCUT2D eigenvalue weighted by atomic mass is 32.2. The Labute approximate surface area is 153 Å². The van der Waals surface area contributed by atoms with Crippen molar-refractivity contribution >= 4 is 23.8 Å². The van der Waals surface area contributed by atoms with Gasteiger partial charge in [-0.1, -0.05) is 24.3 Å². The summed E-state index contributed by atoms with van der Waals surface area (Å²) in [6, 6.07) is 7.85.